The van der Waals surface area contributed by atoms with E-state index in [0.717, 1.165) is 93.8 Å². The number of fused-ring (bicyclic) bond motifs is 7. The number of hydrogen-bond donors (Lipinski definition) is 0. The van der Waals surface area contributed by atoms with E-state index in [9.17, 15) is 0 Å². The van der Waals surface area contributed by atoms with E-state index in [4.69, 9.17) is 15.0 Å². The van der Waals surface area contributed by atoms with Crippen molar-refractivity contribution in [2.24, 2.45) is 0 Å². The maximum Gasteiger partial charge on any atom is 0.238 e. The van der Waals surface area contributed by atoms with E-state index in [1.807, 2.05) is 12.1 Å². The molecular weight excluding hydrogens is 899 g/mol. The topological polar surface area (TPSA) is 48.5 Å². The van der Waals surface area contributed by atoms with E-state index in [1.54, 1.807) is 0 Å². The normalized spacial score (nSPS) is 11.5. The highest BCUT2D eigenvalue weighted by atomic mass is 15.2. The molecule has 0 bridgehead atoms. The van der Waals surface area contributed by atoms with Gasteiger partial charge in [-0.3, -0.25) is 4.57 Å². The smallest absolute Gasteiger partial charge is 0.238 e. The van der Waals surface area contributed by atoms with Gasteiger partial charge >= 0.3 is 0 Å². The third kappa shape index (κ3) is 7.46. The lowest BCUT2D eigenvalue weighted by Gasteiger charge is -2.16. The molecule has 3 heterocycles. The molecule has 0 radical (unpaired) electrons. The van der Waals surface area contributed by atoms with Gasteiger partial charge in [-0.2, -0.15) is 9.97 Å². The van der Waals surface area contributed by atoms with Gasteiger partial charge in [0.05, 0.1) is 27.8 Å². The van der Waals surface area contributed by atoms with Gasteiger partial charge < -0.3 is 4.57 Å². The molecule has 0 aliphatic heterocycles. The van der Waals surface area contributed by atoms with Crippen molar-refractivity contribution in [1.29, 1.82) is 0 Å². The Hall–Kier alpha value is -9.97. The van der Waals surface area contributed by atoms with Gasteiger partial charge in [-0.05, 0) is 80.4 Å². The zero-order valence-electron chi connectivity index (χ0n) is 40.2. The summed E-state index contributed by atoms with van der Waals surface area (Å²) in [6, 6.07) is 97.2. The Bertz CT molecular complexity index is 4380. The summed E-state index contributed by atoms with van der Waals surface area (Å²) in [6.45, 7) is 0. The average Bonchev–Trinajstić information content (AvgIpc) is 4.01. The van der Waals surface area contributed by atoms with Crippen molar-refractivity contribution in [3.63, 3.8) is 0 Å². The largest absolute Gasteiger partial charge is 0.307 e. The van der Waals surface area contributed by atoms with E-state index in [2.05, 4.69) is 270 Å². The van der Waals surface area contributed by atoms with Crippen molar-refractivity contribution in [2.45, 2.75) is 0 Å². The number of aromatic nitrogens is 5. The molecule has 5 nitrogen and oxygen atoms in total. The van der Waals surface area contributed by atoms with E-state index >= 15 is 0 Å². The SMILES string of the molecule is c1ccc(-c2ccc(-c3nc(-c4cccc(-c5ccccc5)c4)nc(-n4c5ccccc5c5ccc6c7ccccc7n(-c7ccccc7-c7ccc(-c8cccc(-c9ccccc9)c8)cc7)c6c54)n3)cc2)cc1. The summed E-state index contributed by atoms with van der Waals surface area (Å²) >= 11 is 0. The fraction of sp³-hybridized carbons (Fsp3) is 0. The Morgan fingerprint density at radius 3 is 1.19 bits per heavy atom. The van der Waals surface area contributed by atoms with Crippen LogP contribution >= 0.6 is 0 Å². The summed E-state index contributed by atoms with van der Waals surface area (Å²) < 4.78 is 4.74. The molecule has 0 atom stereocenters. The molecule has 0 fully saturated rings. The third-order valence-corrected chi connectivity index (χ3v) is 14.4. The Morgan fingerprint density at radius 1 is 0.230 bits per heavy atom. The van der Waals surface area contributed by atoms with Gasteiger partial charge in [-0.1, -0.05) is 243 Å². The van der Waals surface area contributed by atoms with Crippen molar-refractivity contribution in [2.75, 3.05) is 0 Å². The van der Waals surface area contributed by atoms with E-state index in [1.165, 1.54) is 22.3 Å². The van der Waals surface area contributed by atoms with Gasteiger partial charge in [0.25, 0.3) is 0 Å². The summed E-state index contributed by atoms with van der Waals surface area (Å²) in [5.41, 5.74) is 18.6. The number of para-hydroxylation sites is 3. The number of benzene rings is 11. The molecule has 11 aromatic carbocycles. The number of rotatable bonds is 9. The predicted octanol–water partition coefficient (Wildman–Crippen LogP) is 17.7. The molecule has 5 heteroatoms. The first-order chi connectivity index (χ1) is 36.7. The molecule has 3 aromatic heterocycles. The summed E-state index contributed by atoms with van der Waals surface area (Å²) in [5.74, 6) is 1.72. The van der Waals surface area contributed by atoms with Crippen LogP contribution in [0, 0.1) is 0 Å². The molecule has 346 valence electrons. The van der Waals surface area contributed by atoms with Gasteiger partial charge in [-0.15, -0.1) is 0 Å². The van der Waals surface area contributed by atoms with Gasteiger partial charge in [0.15, 0.2) is 11.6 Å². The molecule has 74 heavy (non-hydrogen) atoms. The highest BCUT2D eigenvalue weighted by molar-refractivity contribution is 6.24. The van der Waals surface area contributed by atoms with Crippen molar-refractivity contribution < 1.29 is 0 Å². The lowest BCUT2D eigenvalue weighted by Crippen LogP contribution is -2.07. The molecular formula is C69H45N5. The second-order valence-electron chi connectivity index (χ2n) is 18.8. The summed E-state index contributed by atoms with van der Waals surface area (Å²) in [5, 5.41) is 4.53. The first kappa shape index (κ1) is 42.9. The molecule has 0 aliphatic rings. The third-order valence-electron chi connectivity index (χ3n) is 14.4. The van der Waals surface area contributed by atoms with Gasteiger partial charge in [0.1, 0.15) is 0 Å². The second-order valence-corrected chi connectivity index (χ2v) is 18.8. The molecule has 0 unspecified atom stereocenters. The molecule has 14 aromatic rings. The summed E-state index contributed by atoms with van der Waals surface area (Å²) in [4.78, 5) is 16.2. The van der Waals surface area contributed by atoms with E-state index in [0.29, 0.717) is 17.6 Å². The van der Waals surface area contributed by atoms with Crippen molar-refractivity contribution in [3.05, 3.63) is 273 Å². The molecule has 0 aliphatic carbocycles. The van der Waals surface area contributed by atoms with Gasteiger partial charge in [0, 0.05) is 38.2 Å². The summed E-state index contributed by atoms with van der Waals surface area (Å²) in [6.07, 6.45) is 0. The Morgan fingerprint density at radius 2 is 0.608 bits per heavy atom. The average molecular weight is 944 g/mol. The van der Waals surface area contributed by atoms with Crippen molar-refractivity contribution >= 4 is 43.6 Å². The van der Waals surface area contributed by atoms with E-state index < -0.39 is 0 Å². The fourth-order valence-corrected chi connectivity index (χ4v) is 10.9. The highest BCUT2D eigenvalue weighted by Gasteiger charge is 2.25. The van der Waals surface area contributed by atoms with Crippen LogP contribution in [-0.4, -0.2) is 24.1 Å². The first-order valence-corrected chi connectivity index (χ1v) is 25.1. The van der Waals surface area contributed by atoms with Crippen LogP contribution in [0.25, 0.3) is 134 Å². The first-order valence-electron chi connectivity index (χ1n) is 25.1. The van der Waals surface area contributed by atoms with Crippen LogP contribution in [0.1, 0.15) is 0 Å². The standard InChI is InChI=1S/C69H45N5/c1-4-18-46(19-5-1)49-36-40-52(41-37-49)67-70-68(56-27-17-26-55(45-56)48-22-8-3-9-23-48)72-69(71-67)74-64-33-15-12-30-59(64)61-43-42-60-58-29-11-14-32-63(58)73(65(60)66(61)74)62-31-13-10-28-57(62)51-38-34-50(35-39-51)54-25-16-24-53(44-54)47-20-6-2-7-21-47/h1-45H. The molecule has 14 rings (SSSR count). The minimum absolute atomic E-state index is 0.540. The quantitative estimate of drug-likeness (QED) is 0.145. The summed E-state index contributed by atoms with van der Waals surface area (Å²) in [7, 11) is 0. The number of nitrogens with zero attached hydrogens (tertiary/aromatic N) is 5. The maximum absolute atomic E-state index is 5.49. The molecule has 0 N–H and O–H groups in total. The van der Waals surface area contributed by atoms with Crippen LogP contribution in [0.3, 0.4) is 0 Å². The van der Waals surface area contributed by atoms with Crippen molar-refractivity contribution in [1.82, 2.24) is 24.1 Å². The molecule has 0 saturated heterocycles. The minimum atomic E-state index is 0.540. The van der Waals surface area contributed by atoms with Crippen molar-refractivity contribution in [3.8, 4) is 90.0 Å². The lowest BCUT2D eigenvalue weighted by atomic mass is 9.96. The Labute approximate surface area is 428 Å². The molecule has 0 saturated carbocycles. The van der Waals surface area contributed by atoms with Crippen LogP contribution < -0.4 is 0 Å². The maximum atomic E-state index is 5.49. The van der Waals surface area contributed by atoms with Crippen LogP contribution in [0.15, 0.2) is 273 Å². The predicted molar refractivity (Wildman–Crippen MR) is 307 cm³/mol. The van der Waals surface area contributed by atoms with Gasteiger partial charge in [0.2, 0.25) is 5.95 Å². The fourth-order valence-electron chi connectivity index (χ4n) is 10.9. The van der Waals surface area contributed by atoms with Crippen LogP contribution in [0.5, 0.6) is 0 Å². The minimum Gasteiger partial charge on any atom is -0.307 e. The van der Waals surface area contributed by atoms with Crippen LogP contribution in [0.4, 0.5) is 0 Å². The number of hydrogen-bond acceptors (Lipinski definition) is 3. The molecule has 0 spiro atoms. The molecule has 0 amide bonds. The van der Waals surface area contributed by atoms with Crippen LogP contribution in [-0.2, 0) is 0 Å². The highest BCUT2D eigenvalue weighted by Crippen LogP contribution is 2.43. The van der Waals surface area contributed by atoms with Crippen LogP contribution in [0.2, 0.25) is 0 Å². The zero-order chi connectivity index (χ0) is 49.0. The monoisotopic (exact) mass is 943 g/mol. The Balaban J connectivity index is 0.990. The lowest BCUT2D eigenvalue weighted by molar-refractivity contribution is 0.953. The van der Waals surface area contributed by atoms with E-state index in [-0.39, 0.29) is 0 Å². The Kier molecular flexibility index (Phi) is 10.4. The second kappa shape index (κ2) is 18.0. The zero-order valence-corrected chi connectivity index (χ0v) is 40.2. The van der Waals surface area contributed by atoms with Gasteiger partial charge in [-0.25, -0.2) is 4.98 Å².